The quantitative estimate of drug-likeness (QED) is 0.931. The predicted molar refractivity (Wildman–Crippen MR) is 80.2 cm³/mol. The molecule has 0 saturated carbocycles. The standard InChI is InChI=1S/C14H17Cl2N3O/c1-14(2,3)17-8-13-18-12(19-20-13)7-9-10(15)5-4-6-11(9)16/h4-6,17H,7-8H2,1-3H3. The van der Waals surface area contributed by atoms with Crippen LogP contribution in [-0.4, -0.2) is 15.7 Å². The number of benzene rings is 1. The molecule has 0 aliphatic carbocycles. The van der Waals surface area contributed by atoms with Crippen LogP contribution >= 0.6 is 23.2 Å². The van der Waals surface area contributed by atoms with Crippen molar-refractivity contribution in [1.29, 1.82) is 0 Å². The van der Waals surface area contributed by atoms with Crippen LogP contribution in [0.1, 0.15) is 38.0 Å². The maximum atomic E-state index is 6.12. The van der Waals surface area contributed by atoms with Crippen LogP contribution in [0, 0.1) is 0 Å². The Morgan fingerprint density at radius 2 is 1.85 bits per heavy atom. The highest BCUT2D eigenvalue weighted by molar-refractivity contribution is 6.36. The van der Waals surface area contributed by atoms with Crippen molar-refractivity contribution in [2.24, 2.45) is 0 Å². The molecule has 0 radical (unpaired) electrons. The molecule has 1 aromatic heterocycles. The second kappa shape index (κ2) is 6.12. The summed E-state index contributed by atoms with van der Waals surface area (Å²) >= 11 is 12.2. The molecular formula is C14H17Cl2N3O. The van der Waals surface area contributed by atoms with E-state index in [-0.39, 0.29) is 5.54 Å². The lowest BCUT2D eigenvalue weighted by Gasteiger charge is -2.18. The summed E-state index contributed by atoms with van der Waals surface area (Å²) < 4.78 is 5.20. The largest absolute Gasteiger partial charge is 0.338 e. The minimum Gasteiger partial charge on any atom is -0.338 e. The van der Waals surface area contributed by atoms with Crippen molar-refractivity contribution < 1.29 is 4.52 Å². The van der Waals surface area contributed by atoms with Crippen molar-refractivity contribution in [2.75, 3.05) is 0 Å². The molecule has 20 heavy (non-hydrogen) atoms. The van der Waals surface area contributed by atoms with Crippen LogP contribution in [0.5, 0.6) is 0 Å². The van der Waals surface area contributed by atoms with Gasteiger partial charge in [-0.3, -0.25) is 0 Å². The van der Waals surface area contributed by atoms with Crippen molar-refractivity contribution in [1.82, 2.24) is 15.5 Å². The second-order valence-corrected chi connectivity index (χ2v) is 6.40. The monoisotopic (exact) mass is 313 g/mol. The fourth-order valence-corrected chi connectivity index (χ4v) is 2.16. The van der Waals surface area contributed by atoms with Gasteiger partial charge in [0.25, 0.3) is 0 Å². The van der Waals surface area contributed by atoms with Gasteiger partial charge in [0, 0.05) is 22.0 Å². The van der Waals surface area contributed by atoms with E-state index >= 15 is 0 Å². The summed E-state index contributed by atoms with van der Waals surface area (Å²) in [5, 5.41) is 8.46. The minimum atomic E-state index is 0.000674. The lowest BCUT2D eigenvalue weighted by Crippen LogP contribution is -2.35. The normalized spacial score (nSPS) is 11.8. The molecule has 0 saturated heterocycles. The highest BCUT2D eigenvalue weighted by Gasteiger charge is 2.14. The molecule has 0 aliphatic rings. The van der Waals surface area contributed by atoms with Gasteiger partial charge in [0.1, 0.15) is 0 Å². The van der Waals surface area contributed by atoms with Crippen LogP contribution in [0.3, 0.4) is 0 Å². The summed E-state index contributed by atoms with van der Waals surface area (Å²) in [6.45, 7) is 6.77. The Labute approximate surface area is 128 Å². The van der Waals surface area contributed by atoms with Crippen LogP contribution in [0.4, 0.5) is 0 Å². The molecule has 108 valence electrons. The average Bonchev–Trinajstić information content (AvgIpc) is 2.79. The molecule has 0 amide bonds. The first-order valence-electron chi connectivity index (χ1n) is 6.34. The van der Waals surface area contributed by atoms with E-state index in [1.54, 1.807) is 12.1 Å². The molecular weight excluding hydrogens is 297 g/mol. The van der Waals surface area contributed by atoms with E-state index in [1.807, 2.05) is 6.07 Å². The lowest BCUT2D eigenvalue weighted by molar-refractivity contribution is 0.334. The number of nitrogens with one attached hydrogen (secondary N) is 1. The van der Waals surface area contributed by atoms with Gasteiger partial charge in [-0.25, -0.2) is 0 Å². The van der Waals surface area contributed by atoms with Crippen LogP contribution in [0.15, 0.2) is 22.7 Å². The van der Waals surface area contributed by atoms with Gasteiger partial charge >= 0.3 is 0 Å². The summed E-state index contributed by atoms with van der Waals surface area (Å²) in [5.74, 6) is 1.13. The fraction of sp³-hybridized carbons (Fsp3) is 0.429. The van der Waals surface area contributed by atoms with Crippen molar-refractivity contribution in [2.45, 2.75) is 39.3 Å². The number of rotatable bonds is 4. The maximum Gasteiger partial charge on any atom is 0.240 e. The lowest BCUT2D eigenvalue weighted by atomic mass is 10.1. The average molecular weight is 314 g/mol. The topological polar surface area (TPSA) is 51.0 Å². The summed E-state index contributed by atoms with van der Waals surface area (Å²) in [7, 11) is 0. The third kappa shape index (κ3) is 4.20. The van der Waals surface area contributed by atoms with E-state index in [0.717, 1.165) is 5.56 Å². The Bertz CT molecular complexity index is 570. The van der Waals surface area contributed by atoms with Gasteiger partial charge in [-0.2, -0.15) is 4.98 Å². The summed E-state index contributed by atoms with van der Waals surface area (Å²) in [4.78, 5) is 4.33. The van der Waals surface area contributed by atoms with E-state index in [4.69, 9.17) is 27.7 Å². The van der Waals surface area contributed by atoms with E-state index in [2.05, 4.69) is 36.2 Å². The van der Waals surface area contributed by atoms with Crippen LogP contribution in [0.2, 0.25) is 10.0 Å². The van der Waals surface area contributed by atoms with Crippen molar-refractivity contribution in [3.8, 4) is 0 Å². The zero-order valence-corrected chi connectivity index (χ0v) is 13.2. The highest BCUT2D eigenvalue weighted by atomic mass is 35.5. The summed E-state index contributed by atoms with van der Waals surface area (Å²) in [6, 6.07) is 5.40. The number of halogens is 2. The minimum absolute atomic E-state index is 0.000674. The van der Waals surface area contributed by atoms with Crippen molar-refractivity contribution in [3.05, 3.63) is 45.5 Å². The molecule has 0 fully saturated rings. The van der Waals surface area contributed by atoms with E-state index in [0.29, 0.717) is 34.7 Å². The van der Waals surface area contributed by atoms with Crippen molar-refractivity contribution in [3.63, 3.8) is 0 Å². The van der Waals surface area contributed by atoms with Gasteiger partial charge in [-0.05, 0) is 38.5 Å². The molecule has 2 rings (SSSR count). The first-order chi connectivity index (χ1) is 9.35. The molecule has 0 spiro atoms. The third-order valence-electron chi connectivity index (χ3n) is 2.68. The van der Waals surface area contributed by atoms with E-state index < -0.39 is 0 Å². The Hall–Kier alpha value is -1.10. The number of hydrogen-bond acceptors (Lipinski definition) is 4. The molecule has 0 atom stereocenters. The van der Waals surface area contributed by atoms with Crippen LogP contribution < -0.4 is 5.32 Å². The molecule has 1 aromatic carbocycles. The van der Waals surface area contributed by atoms with Gasteiger partial charge in [-0.1, -0.05) is 34.4 Å². The molecule has 0 aliphatic heterocycles. The molecule has 0 unspecified atom stereocenters. The predicted octanol–water partition coefficient (Wildman–Crippen LogP) is 3.86. The highest BCUT2D eigenvalue weighted by Crippen LogP contribution is 2.26. The molecule has 1 heterocycles. The van der Waals surface area contributed by atoms with Gasteiger partial charge < -0.3 is 9.84 Å². The molecule has 0 bridgehead atoms. The smallest absolute Gasteiger partial charge is 0.240 e. The van der Waals surface area contributed by atoms with Crippen LogP contribution in [0.25, 0.3) is 0 Å². The summed E-state index contributed by atoms with van der Waals surface area (Å²) in [6.07, 6.45) is 0.456. The molecule has 1 N–H and O–H groups in total. The van der Waals surface area contributed by atoms with Gasteiger partial charge in [0.15, 0.2) is 5.82 Å². The Morgan fingerprint density at radius 1 is 1.20 bits per heavy atom. The Balaban J connectivity index is 2.06. The third-order valence-corrected chi connectivity index (χ3v) is 3.38. The first kappa shape index (κ1) is 15.3. The Kier molecular flexibility index (Phi) is 4.68. The molecule has 4 nitrogen and oxygen atoms in total. The zero-order chi connectivity index (χ0) is 14.8. The van der Waals surface area contributed by atoms with Crippen LogP contribution in [-0.2, 0) is 13.0 Å². The second-order valence-electron chi connectivity index (χ2n) is 5.58. The summed E-state index contributed by atoms with van der Waals surface area (Å²) in [5.41, 5.74) is 0.813. The van der Waals surface area contributed by atoms with Gasteiger partial charge in [0.05, 0.1) is 6.54 Å². The van der Waals surface area contributed by atoms with Gasteiger partial charge in [-0.15, -0.1) is 0 Å². The van der Waals surface area contributed by atoms with E-state index in [1.165, 1.54) is 0 Å². The molecule has 6 heteroatoms. The number of nitrogens with zero attached hydrogens (tertiary/aromatic N) is 2. The fourth-order valence-electron chi connectivity index (χ4n) is 1.63. The maximum absolute atomic E-state index is 6.12. The van der Waals surface area contributed by atoms with E-state index in [9.17, 15) is 0 Å². The first-order valence-corrected chi connectivity index (χ1v) is 7.10. The number of aromatic nitrogens is 2. The Morgan fingerprint density at radius 3 is 2.45 bits per heavy atom. The van der Waals surface area contributed by atoms with Crippen molar-refractivity contribution >= 4 is 23.2 Å². The zero-order valence-electron chi connectivity index (χ0n) is 11.7. The molecule has 2 aromatic rings. The number of hydrogen-bond donors (Lipinski definition) is 1. The SMILES string of the molecule is CC(C)(C)NCc1nc(Cc2c(Cl)cccc2Cl)no1. The van der Waals surface area contributed by atoms with Gasteiger partial charge in [0.2, 0.25) is 5.89 Å².